The molecule has 1 saturated carbocycles. The molecule has 2 aromatic carbocycles. The molecule has 2 atom stereocenters. The van der Waals surface area contributed by atoms with Crippen molar-refractivity contribution >= 4 is 11.6 Å². The Morgan fingerprint density at radius 2 is 1.10 bits per heavy atom. The Morgan fingerprint density at radius 3 is 1.41 bits per heavy atom. The van der Waals surface area contributed by atoms with Crippen LogP contribution >= 0.6 is 0 Å². The van der Waals surface area contributed by atoms with Crippen molar-refractivity contribution in [3.8, 4) is 11.5 Å². The maximum absolute atomic E-state index is 12.8. The Labute approximate surface area is 173 Å². The Morgan fingerprint density at radius 1 is 0.759 bits per heavy atom. The van der Waals surface area contributed by atoms with Gasteiger partial charge in [-0.25, -0.2) is 0 Å². The summed E-state index contributed by atoms with van der Waals surface area (Å²) in [5, 5.41) is 0. The fourth-order valence-corrected chi connectivity index (χ4v) is 4.58. The van der Waals surface area contributed by atoms with Crippen LogP contribution in [0.25, 0.3) is 0 Å². The first-order valence-corrected chi connectivity index (χ1v) is 10.2. The van der Waals surface area contributed by atoms with Crippen LogP contribution in [0.1, 0.15) is 60.2 Å². The van der Waals surface area contributed by atoms with Gasteiger partial charge >= 0.3 is 0 Å². The zero-order valence-corrected chi connectivity index (χ0v) is 17.7. The van der Waals surface area contributed by atoms with Crippen LogP contribution in [0.5, 0.6) is 11.5 Å². The average molecular weight is 395 g/mol. The maximum Gasteiger partial charge on any atom is 0.163 e. The predicted octanol–water partition coefficient (Wildman–Crippen LogP) is 5.60. The van der Waals surface area contributed by atoms with E-state index in [0.717, 1.165) is 24.3 Å². The van der Waals surface area contributed by atoms with Gasteiger partial charge in [0, 0.05) is 24.0 Å². The summed E-state index contributed by atoms with van der Waals surface area (Å²) >= 11 is 0. The molecular weight excluding hydrogens is 364 g/mol. The molecule has 154 valence electrons. The topological polar surface area (TPSA) is 52.6 Å². The third-order valence-corrected chi connectivity index (χ3v) is 6.02. The molecule has 3 rings (SSSR count). The molecule has 4 nitrogen and oxygen atoms in total. The first-order chi connectivity index (χ1) is 13.8. The highest BCUT2D eigenvalue weighted by molar-refractivity contribution is 5.97. The van der Waals surface area contributed by atoms with Crippen LogP contribution in [0.3, 0.4) is 0 Å². The highest BCUT2D eigenvalue weighted by atomic mass is 16.5. The average Bonchev–Trinajstić information content (AvgIpc) is 3.00. The van der Waals surface area contributed by atoms with Crippen molar-refractivity contribution in [2.75, 3.05) is 14.2 Å². The minimum absolute atomic E-state index is 0.136. The van der Waals surface area contributed by atoms with Crippen molar-refractivity contribution in [1.29, 1.82) is 0 Å². The molecule has 0 spiro atoms. The van der Waals surface area contributed by atoms with Crippen LogP contribution in [-0.2, 0) is 0 Å². The van der Waals surface area contributed by atoms with Crippen LogP contribution in [0.2, 0.25) is 0 Å². The quantitative estimate of drug-likeness (QED) is 0.547. The molecule has 0 aromatic heterocycles. The summed E-state index contributed by atoms with van der Waals surface area (Å²) in [6, 6.07) is 14.5. The molecule has 0 aliphatic heterocycles. The number of benzene rings is 2. The summed E-state index contributed by atoms with van der Waals surface area (Å²) in [7, 11) is 3.23. The number of carbonyl (C=O) groups excluding carboxylic acids is 2. The van der Waals surface area contributed by atoms with E-state index in [-0.39, 0.29) is 28.8 Å². The molecule has 0 saturated heterocycles. The third kappa shape index (κ3) is 5.26. The molecule has 0 N–H and O–H groups in total. The Bertz CT molecular complexity index is 778. The van der Waals surface area contributed by atoms with E-state index in [2.05, 4.69) is 13.8 Å². The predicted molar refractivity (Wildman–Crippen MR) is 114 cm³/mol. The maximum atomic E-state index is 12.8. The number of hydrogen-bond acceptors (Lipinski definition) is 4. The number of rotatable bonds is 8. The van der Waals surface area contributed by atoms with E-state index in [4.69, 9.17) is 9.47 Å². The molecular formula is C25H30O4. The minimum atomic E-state index is 0.136. The summed E-state index contributed by atoms with van der Waals surface area (Å²) < 4.78 is 10.3. The third-order valence-electron chi connectivity index (χ3n) is 6.02. The lowest BCUT2D eigenvalue weighted by molar-refractivity contribution is 0.0904. The summed E-state index contributed by atoms with van der Waals surface area (Å²) in [5.41, 5.74) is 1.56. The molecule has 4 heteroatoms. The van der Waals surface area contributed by atoms with Crippen molar-refractivity contribution in [3.05, 3.63) is 59.7 Å². The zero-order chi connectivity index (χ0) is 21.0. The number of methoxy groups -OCH3 is 2. The molecule has 1 fully saturated rings. The Kier molecular flexibility index (Phi) is 6.41. The van der Waals surface area contributed by atoms with Gasteiger partial charge in [-0.1, -0.05) is 13.8 Å². The highest BCUT2D eigenvalue weighted by Gasteiger charge is 2.40. The summed E-state index contributed by atoms with van der Waals surface area (Å²) in [6.45, 7) is 4.46. The van der Waals surface area contributed by atoms with Crippen LogP contribution in [0.4, 0.5) is 0 Å². The van der Waals surface area contributed by atoms with E-state index < -0.39 is 0 Å². The van der Waals surface area contributed by atoms with Gasteiger partial charge in [0.1, 0.15) is 11.5 Å². The van der Waals surface area contributed by atoms with E-state index in [9.17, 15) is 9.59 Å². The minimum Gasteiger partial charge on any atom is -0.497 e. The fraction of sp³-hybridized carbons (Fsp3) is 0.440. The smallest absolute Gasteiger partial charge is 0.163 e. The van der Waals surface area contributed by atoms with E-state index in [0.29, 0.717) is 24.0 Å². The summed E-state index contributed by atoms with van der Waals surface area (Å²) in [4.78, 5) is 25.7. The molecule has 0 unspecified atom stereocenters. The lowest BCUT2D eigenvalue weighted by atomic mass is 9.85. The van der Waals surface area contributed by atoms with Crippen LogP contribution in [0, 0.1) is 17.3 Å². The highest BCUT2D eigenvalue weighted by Crippen LogP contribution is 2.48. The first-order valence-electron chi connectivity index (χ1n) is 10.2. The van der Waals surface area contributed by atoms with Gasteiger partial charge in [-0.15, -0.1) is 0 Å². The molecule has 1 aliphatic rings. The molecule has 0 bridgehead atoms. The second kappa shape index (κ2) is 8.81. The molecule has 0 radical (unpaired) electrons. The molecule has 29 heavy (non-hydrogen) atoms. The van der Waals surface area contributed by atoms with Gasteiger partial charge in [0.15, 0.2) is 11.6 Å². The lowest BCUT2D eigenvalue weighted by Gasteiger charge is -2.18. The molecule has 0 heterocycles. The Balaban J connectivity index is 1.69. The van der Waals surface area contributed by atoms with E-state index in [1.807, 2.05) is 48.5 Å². The number of carbonyl (C=O) groups is 2. The largest absolute Gasteiger partial charge is 0.497 e. The van der Waals surface area contributed by atoms with Crippen LogP contribution < -0.4 is 9.47 Å². The van der Waals surface area contributed by atoms with Gasteiger partial charge in [-0.05, 0) is 78.6 Å². The Hall–Kier alpha value is -2.62. The van der Waals surface area contributed by atoms with Gasteiger partial charge in [0.05, 0.1) is 14.2 Å². The molecule has 1 aliphatic carbocycles. The van der Waals surface area contributed by atoms with Gasteiger partial charge in [-0.3, -0.25) is 9.59 Å². The summed E-state index contributed by atoms with van der Waals surface area (Å²) in [5.74, 6) is 2.20. The molecule has 2 aromatic rings. The van der Waals surface area contributed by atoms with Crippen LogP contribution in [0.15, 0.2) is 48.5 Å². The standard InChI is InChI=1S/C25H30O4/c1-25(2)15-19(13-23(26)17-5-9-21(28-3)10-6-17)20(16-25)14-24(27)18-7-11-22(29-4)12-8-18/h5-12,19-20H,13-16H2,1-4H3/t19-,20-/m1/s1. The van der Waals surface area contributed by atoms with Crippen molar-refractivity contribution in [3.63, 3.8) is 0 Å². The number of ketones is 2. The van der Waals surface area contributed by atoms with Crippen molar-refractivity contribution in [2.45, 2.75) is 39.5 Å². The van der Waals surface area contributed by atoms with Crippen molar-refractivity contribution in [1.82, 2.24) is 0 Å². The van der Waals surface area contributed by atoms with Crippen LogP contribution in [-0.4, -0.2) is 25.8 Å². The SMILES string of the molecule is COc1ccc(C(=O)C[C@@H]2CC(C)(C)C[C@H]2CC(=O)c2ccc(OC)cc2)cc1. The number of hydrogen-bond donors (Lipinski definition) is 0. The lowest BCUT2D eigenvalue weighted by Crippen LogP contribution is -2.17. The van der Waals surface area contributed by atoms with Gasteiger partial charge in [-0.2, -0.15) is 0 Å². The van der Waals surface area contributed by atoms with Crippen molar-refractivity contribution < 1.29 is 19.1 Å². The van der Waals surface area contributed by atoms with E-state index in [1.54, 1.807) is 14.2 Å². The van der Waals surface area contributed by atoms with Crippen molar-refractivity contribution in [2.24, 2.45) is 17.3 Å². The number of ether oxygens (including phenoxy) is 2. The first kappa shape index (κ1) is 21.1. The van der Waals surface area contributed by atoms with E-state index >= 15 is 0 Å². The second-order valence-corrected chi connectivity index (χ2v) is 8.80. The van der Waals surface area contributed by atoms with E-state index in [1.165, 1.54) is 0 Å². The zero-order valence-electron chi connectivity index (χ0n) is 17.7. The monoisotopic (exact) mass is 394 g/mol. The van der Waals surface area contributed by atoms with Gasteiger partial charge < -0.3 is 9.47 Å². The number of Topliss-reactive ketones (excluding diaryl/α,β-unsaturated/α-hetero) is 2. The normalized spacial score (nSPS) is 20.3. The fourth-order valence-electron chi connectivity index (χ4n) is 4.58. The molecule has 0 amide bonds. The van der Waals surface area contributed by atoms with Gasteiger partial charge in [0.25, 0.3) is 0 Å². The second-order valence-electron chi connectivity index (χ2n) is 8.80. The van der Waals surface area contributed by atoms with Gasteiger partial charge in [0.2, 0.25) is 0 Å². The summed E-state index contributed by atoms with van der Waals surface area (Å²) in [6.07, 6.45) is 2.90.